The van der Waals surface area contributed by atoms with Crippen LogP contribution < -0.4 is 9.47 Å². The third-order valence-electron chi connectivity index (χ3n) is 2.76. The van der Waals surface area contributed by atoms with Crippen LogP contribution in [0.1, 0.15) is 37.8 Å². The van der Waals surface area contributed by atoms with Crippen molar-refractivity contribution in [2.24, 2.45) is 0 Å². The maximum Gasteiger partial charge on any atom is 0.164 e. The molecular weight excluding hydrogens is 216 g/mol. The summed E-state index contributed by atoms with van der Waals surface area (Å²) in [6, 6.07) is 4.08. The fraction of sp³-hybridized carbons (Fsp3) is 0.571. The molecule has 1 N–H and O–H groups in total. The highest BCUT2D eigenvalue weighted by molar-refractivity contribution is 5.50. The van der Waals surface area contributed by atoms with E-state index < -0.39 is 6.10 Å². The van der Waals surface area contributed by atoms with Gasteiger partial charge in [-0.1, -0.05) is 19.9 Å². The average Bonchev–Trinajstić information content (AvgIpc) is 2.26. The summed E-state index contributed by atoms with van der Waals surface area (Å²) in [5.74, 6) is 1.87. The first-order valence-electron chi connectivity index (χ1n) is 5.92. The third kappa shape index (κ3) is 3.37. The van der Waals surface area contributed by atoms with Gasteiger partial charge in [0.05, 0.1) is 20.3 Å². The van der Waals surface area contributed by atoms with Crippen LogP contribution in [0.2, 0.25) is 0 Å². The molecule has 1 aromatic rings. The van der Waals surface area contributed by atoms with Crippen molar-refractivity contribution in [1.82, 2.24) is 0 Å². The van der Waals surface area contributed by atoms with Crippen molar-refractivity contribution in [2.45, 2.75) is 39.2 Å². The molecule has 0 heterocycles. The van der Waals surface area contributed by atoms with Crippen LogP contribution in [0.25, 0.3) is 0 Å². The van der Waals surface area contributed by atoms with E-state index in [0.29, 0.717) is 12.3 Å². The molecule has 0 aliphatic heterocycles. The number of rotatable bonds is 5. The average molecular weight is 238 g/mol. The lowest BCUT2D eigenvalue weighted by Gasteiger charge is -2.17. The Morgan fingerprint density at radius 1 is 1.12 bits per heavy atom. The van der Waals surface area contributed by atoms with Crippen LogP contribution in [0, 0.1) is 0 Å². The first-order chi connectivity index (χ1) is 7.99. The van der Waals surface area contributed by atoms with E-state index in [0.717, 1.165) is 17.1 Å². The molecule has 17 heavy (non-hydrogen) atoms. The van der Waals surface area contributed by atoms with Gasteiger partial charge in [0.1, 0.15) is 0 Å². The van der Waals surface area contributed by atoms with Crippen molar-refractivity contribution >= 4 is 0 Å². The fourth-order valence-corrected chi connectivity index (χ4v) is 1.87. The second-order valence-electron chi connectivity index (χ2n) is 4.62. The van der Waals surface area contributed by atoms with E-state index in [9.17, 15) is 5.11 Å². The molecule has 0 amide bonds. The maximum absolute atomic E-state index is 9.52. The fourth-order valence-electron chi connectivity index (χ4n) is 1.87. The van der Waals surface area contributed by atoms with Gasteiger partial charge in [0.25, 0.3) is 0 Å². The number of aliphatic hydroxyl groups excluding tert-OH is 1. The molecule has 0 bridgehead atoms. The van der Waals surface area contributed by atoms with Crippen LogP contribution in [0.15, 0.2) is 12.1 Å². The number of hydrogen-bond donors (Lipinski definition) is 1. The highest BCUT2D eigenvalue weighted by Crippen LogP contribution is 2.35. The number of methoxy groups -OCH3 is 2. The van der Waals surface area contributed by atoms with Gasteiger partial charge in [-0.15, -0.1) is 0 Å². The van der Waals surface area contributed by atoms with Crippen LogP contribution >= 0.6 is 0 Å². The molecule has 1 unspecified atom stereocenters. The molecule has 1 aromatic carbocycles. The van der Waals surface area contributed by atoms with Crippen LogP contribution in [-0.4, -0.2) is 25.4 Å². The van der Waals surface area contributed by atoms with Crippen molar-refractivity contribution in [3.63, 3.8) is 0 Å². The van der Waals surface area contributed by atoms with E-state index in [1.165, 1.54) is 5.56 Å². The maximum atomic E-state index is 9.52. The zero-order valence-corrected chi connectivity index (χ0v) is 11.3. The zero-order valence-electron chi connectivity index (χ0n) is 11.3. The van der Waals surface area contributed by atoms with E-state index in [-0.39, 0.29) is 0 Å². The Labute approximate surface area is 103 Å². The van der Waals surface area contributed by atoms with Crippen molar-refractivity contribution in [3.05, 3.63) is 23.3 Å². The van der Waals surface area contributed by atoms with Gasteiger partial charge >= 0.3 is 0 Å². The Hall–Kier alpha value is -1.22. The van der Waals surface area contributed by atoms with Crippen LogP contribution in [-0.2, 0) is 6.42 Å². The summed E-state index contributed by atoms with van der Waals surface area (Å²) in [5.41, 5.74) is 2.18. The predicted molar refractivity (Wildman–Crippen MR) is 69.0 cm³/mol. The number of aliphatic hydroxyl groups is 1. The molecule has 0 aliphatic carbocycles. The summed E-state index contributed by atoms with van der Waals surface area (Å²) in [5, 5.41) is 9.52. The van der Waals surface area contributed by atoms with Crippen LogP contribution in [0.5, 0.6) is 11.5 Å². The van der Waals surface area contributed by atoms with Gasteiger partial charge in [0.2, 0.25) is 0 Å². The first kappa shape index (κ1) is 13.8. The van der Waals surface area contributed by atoms with Crippen molar-refractivity contribution in [1.29, 1.82) is 0 Å². The van der Waals surface area contributed by atoms with Gasteiger partial charge in [-0.2, -0.15) is 0 Å². The molecule has 0 aliphatic rings. The minimum atomic E-state index is -0.393. The second-order valence-corrected chi connectivity index (χ2v) is 4.62. The lowest BCUT2D eigenvalue weighted by atomic mass is 9.97. The lowest BCUT2D eigenvalue weighted by molar-refractivity contribution is 0.194. The molecule has 0 saturated heterocycles. The van der Waals surface area contributed by atoms with Crippen molar-refractivity contribution in [2.75, 3.05) is 14.2 Å². The third-order valence-corrected chi connectivity index (χ3v) is 2.76. The summed E-state index contributed by atoms with van der Waals surface area (Å²) in [6.45, 7) is 6.04. The van der Waals surface area contributed by atoms with E-state index >= 15 is 0 Å². The van der Waals surface area contributed by atoms with Crippen molar-refractivity contribution < 1.29 is 14.6 Å². The summed E-state index contributed by atoms with van der Waals surface area (Å²) >= 11 is 0. The van der Waals surface area contributed by atoms with Crippen LogP contribution in [0.3, 0.4) is 0 Å². The highest BCUT2D eigenvalue weighted by Gasteiger charge is 2.15. The van der Waals surface area contributed by atoms with Crippen LogP contribution in [0.4, 0.5) is 0 Å². The molecule has 1 rings (SSSR count). The Bertz CT molecular complexity index is 370. The Balaban J connectivity index is 3.26. The largest absolute Gasteiger partial charge is 0.493 e. The second kappa shape index (κ2) is 5.92. The molecule has 3 nitrogen and oxygen atoms in total. The lowest BCUT2D eigenvalue weighted by Crippen LogP contribution is -2.07. The summed E-state index contributed by atoms with van der Waals surface area (Å²) in [7, 11) is 3.26. The molecule has 96 valence electrons. The number of benzene rings is 1. The van der Waals surface area contributed by atoms with Gasteiger partial charge in [-0.3, -0.25) is 0 Å². The molecule has 0 aromatic heterocycles. The molecule has 0 saturated carbocycles. The van der Waals surface area contributed by atoms with E-state index in [1.807, 2.05) is 6.07 Å². The molecule has 1 atom stereocenters. The Morgan fingerprint density at radius 3 is 2.18 bits per heavy atom. The highest BCUT2D eigenvalue weighted by atomic mass is 16.5. The monoisotopic (exact) mass is 238 g/mol. The summed E-state index contributed by atoms with van der Waals surface area (Å²) in [4.78, 5) is 0. The predicted octanol–water partition coefficient (Wildman–Crippen LogP) is 2.75. The quantitative estimate of drug-likeness (QED) is 0.857. The van der Waals surface area contributed by atoms with Gasteiger partial charge in [0.15, 0.2) is 11.5 Å². The van der Waals surface area contributed by atoms with Crippen molar-refractivity contribution in [3.8, 4) is 11.5 Å². The SMILES string of the molecule is COc1cc(C(C)C)cc(CC(C)O)c1OC. The number of ether oxygens (including phenoxy) is 2. The topological polar surface area (TPSA) is 38.7 Å². The normalized spacial score (nSPS) is 12.6. The molecule has 0 fully saturated rings. The minimum absolute atomic E-state index is 0.393. The van der Waals surface area contributed by atoms with Gasteiger partial charge in [0, 0.05) is 12.0 Å². The standard InChI is InChI=1S/C14H22O3/c1-9(2)11-7-12(6-10(3)15)14(17-5)13(8-11)16-4/h7-10,15H,6H2,1-5H3. The van der Waals surface area contributed by atoms with Gasteiger partial charge in [-0.25, -0.2) is 0 Å². The Morgan fingerprint density at radius 2 is 1.76 bits per heavy atom. The first-order valence-corrected chi connectivity index (χ1v) is 5.92. The van der Waals surface area contributed by atoms with Gasteiger partial charge in [-0.05, 0) is 24.5 Å². The smallest absolute Gasteiger partial charge is 0.164 e. The molecular formula is C14H22O3. The number of hydrogen-bond acceptors (Lipinski definition) is 3. The summed E-state index contributed by atoms with van der Waals surface area (Å²) in [6.07, 6.45) is 0.177. The van der Waals surface area contributed by atoms with Gasteiger partial charge < -0.3 is 14.6 Å². The molecule has 0 spiro atoms. The molecule has 3 heteroatoms. The molecule has 0 radical (unpaired) electrons. The minimum Gasteiger partial charge on any atom is -0.493 e. The van der Waals surface area contributed by atoms with E-state index in [2.05, 4.69) is 19.9 Å². The Kier molecular flexibility index (Phi) is 4.82. The van der Waals surface area contributed by atoms with E-state index in [4.69, 9.17) is 9.47 Å². The van der Waals surface area contributed by atoms with E-state index in [1.54, 1.807) is 21.1 Å². The zero-order chi connectivity index (χ0) is 13.0. The summed E-state index contributed by atoms with van der Waals surface area (Å²) < 4.78 is 10.7.